The van der Waals surface area contributed by atoms with E-state index < -0.39 is 8.32 Å². The van der Waals surface area contributed by atoms with Gasteiger partial charge in [0.05, 0.1) is 12.7 Å². The fraction of sp³-hybridized carbons (Fsp3) is 0.609. The molecule has 0 aromatic rings. The highest BCUT2D eigenvalue weighted by Gasteiger charge is 2.33. The van der Waals surface area contributed by atoms with E-state index in [-0.39, 0.29) is 12.1 Å². The van der Waals surface area contributed by atoms with Gasteiger partial charge in [0.1, 0.15) is 0 Å². The van der Waals surface area contributed by atoms with E-state index in [1.54, 1.807) is 6.08 Å². The lowest BCUT2D eigenvalue weighted by atomic mass is 10.00. The molecule has 154 valence electrons. The molecule has 0 saturated heterocycles. The summed E-state index contributed by atoms with van der Waals surface area (Å²) in [5, 5.41) is 0. The predicted molar refractivity (Wildman–Crippen MR) is 119 cm³/mol. The fourth-order valence-corrected chi connectivity index (χ4v) is 5.96. The molecule has 0 fully saturated rings. The molecule has 0 spiro atoms. The van der Waals surface area contributed by atoms with Crippen molar-refractivity contribution in [3.05, 3.63) is 48.6 Å². The minimum absolute atomic E-state index is 0.207. The van der Waals surface area contributed by atoms with Crippen molar-refractivity contribution in [1.82, 2.24) is 0 Å². The van der Waals surface area contributed by atoms with Gasteiger partial charge in [-0.05, 0) is 50.7 Å². The van der Waals surface area contributed by atoms with Gasteiger partial charge in [-0.15, -0.1) is 0 Å². The first kappa shape index (κ1) is 25.6. The highest BCUT2D eigenvalue weighted by atomic mass is 28.4. The molecule has 27 heavy (non-hydrogen) atoms. The van der Waals surface area contributed by atoms with Gasteiger partial charge in [0.25, 0.3) is 0 Å². The van der Waals surface area contributed by atoms with Crippen LogP contribution in [0.5, 0.6) is 0 Å². The molecule has 0 aliphatic rings. The zero-order valence-corrected chi connectivity index (χ0v) is 19.2. The minimum atomic E-state index is -1.66. The number of allylic oxidation sites excluding steroid dienone is 6. The molecule has 0 aliphatic heterocycles. The van der Waals surface area contributed by atoms with Crippen LogP contribution in [-0.4, -0.2) is 27.0 Å². The molecular weight excluding hydrogens is 352 g/mol. The van der Waals surface area contributed by atoms with Crippen LogP contribution in [0.15, 0.2) is 48.6 Å². The monoisotopic (exact) mass is 392 g/mol. The van der Waals surface area contributed by atoms with Crippen LogP contribution in [0.1, 0.15) is 54.4 Å². The molecule has 0 aliphatic carbocycles. The van der Waals surface area contributed by atoms with E-state index in [4.69, 9.17) is 9.16 Å². The molecule has 0 heterocycles. The smallest absolute Gasteiger partial charge is 0.330 e. The summed E-state index contributed by atoms with van der Waals surface area (Å²) in [5.41, 5.74) is 0. The first-order chi connectivity index (χ1) is 13.0. The third-order valence-corrected chi connectivity index (χ3v) is 9.69. The predicted octanol–water partition coefficient (Wildman–Crippen LogP) is 6.60. The number of carbonyl (C=O) groups excluding carboxylic acids is 1. The Bertz CT molecular complexity index is 493. The molecule has 0 saturated carbocycles. The summed E-state index contributed by atoms with van der Waals surface area (Å²) in [5.74, 6) is -0.00502. The first-order valence-corrected chi connectivity index (χ1v) is 13.0. The standard InChI is InChI=1S/C23H40O3Si/c1-7-12-13-14-15-19-22(26-27(9-3,10-4)11-5)21(6)18-16-17-20-23(24)25-8-2/h7,12-14,16-18,20-22H,8-11,15,19H2,1-6H3/b12-7+,14-13+,18-16+,20-17+/t21-,22-/m0/s1. The maximum absolute atomic E-state index is 11.4. The van der Waals surface area contributed by atoms with E-state index in [2.05, 4.69) is 52.0 Å². The van der Waals surface area contributed by atoms with Gasteiger partial charge in [0.15, 0.2) is 8.32 Å². The third-order valence-electron chi connectivity index (χ3n) is 5.02. The Balaban J connectivity index is 5.05. The first-order valence-electron chi connectivity index (χ1n) is 10.5. The molecule has 4 heteroatoms. The lowest BCUT2D eigenvalue weighted by Gasteiger charge is -2.35. The Hall–Kier alpha value is -1.39. The zero-order chi connectivity index (χ0) is 20.5. The number of esters is 1. The summed E-state index contributed by atoms with van der Waals surface area (Å²) < 4.78 is 11.7. The van der Waals surface area contributed by atoms with E-state index in [0.29, 0.717) is 12.5 Å². The molecule has 0 unspecified atom stereocenters. The van der Waals surface area contributed by atoms with Crippen LogP contribution in [0.25, 0.3) is 0 Å². The molecule has 0 aromatic heterocycles. The number of hydrogen-bond acceptors (Lipinski definition) is 3. The van der Waals surface area contributed by atoms with Crippen molar-refractivity contribution >= 4 is 14.3 Å². The second kappa shape index (κ2) is 15.6. The van der Waals surface area contributed by atoms with E-state index in [1.807, 2.05) is 26.0 Å². The van der Waals surface area contributed by atoms with Gasteiger partial charge in [-0.25, -0.2) is 4.79 Å². The van der Waals surface area contributed by atoms with Gasteiger partial charge in [-0.2, -0.15) is 0 Å². The van der Waals surface area contributed by atoms with Crippen molar-refractivity contribution in [2.45, 2.75) is 78.6 Å². The summed E-state index contributed by atoms with van der Waals surface area (Å²) >= 11 is 0. The highest BCUT2D eigenvalue weighted by molar-refractivity contribution is 6.73. The van der Waals surface area contributed by atoms with Crippen molar-refractivity contribution in [1.29, 1.82) is 0 Å². The molecular formula is C23H40O3Si. The maximum Gasteiger partial charge on any atom is 0.330 e. The summed E-state index contributed by atoms with van der Waals surface area (Å²) in [6.07, 6.45) is 17.9. The summed E-state index contributed by atoms with van der Waals surface area (Å²) in [4.78, 5) is 11.4. The number of rotatable bonds is 14. The molecule has 0 bridgehead atoms. The number of ether oxygens (including phenoxy) is 1. The minimum Gasteiger partial charge on any atom is -0.463 e. The SMILES string of the molecule is C/C=C/C=C/CC[C@H](O[Si](CC)(CC)CC)[C@@H](C)/C=C/C=C/C(=O)OCC. The quantitative estimate of drug-likeness (QED) is 0.144. The largest absolute Gasteiger partial charge is 0.463 e. The van der Waals surface area contributed by atoms with Crippen molar-refractivity contribution in [3.63, 3.8) is 0 Å². The Morgan fingerprint density at radius 1 is 1.00 bits per heavy atom. The van der Waals surface area contributed by atoms with Gasteiger partial charge in [0.2, 0.25) is 0 Å². The molecule has 0 radical (unpaired) electrons. The fourth-order valence-electron chi connectivity index (χ4n) is 2.98. The maximum atomic E-state index is 11.4. The normalized spacial score (nSPS) is 15.3. The van der Waals surface area contributed by atoms with Gasteiger partial charge >= 0.3 is 5.97 Å². The van der Waals surface area contributed by atoms with E-state index in [1.165, 1.54) is 6.08 Å². The molecule has 0 amide bonds. The van der Waals surface area contributed by atoms with E-state index in [9.17, 15) is 4.79 Å². The van der Waals surface area contributed by atoms with Crippen molar-refractivity contribution < 1.29 is 14.0 Å². The van der Waals surface area contributed by atoms with Crippen molar-refractivity contribution in [2.75, 3.05) is 6.61 Å². The van der Waals surface area contributed by atoms with E-state index >= 15 is 0 Å². The Morgan fingerprint density at radius 3 is 2.22 bits per heavy atom. The summed E-state index contributed by atoms with van der Waals surface area (Å²) in [6.45, 7) is 13.2. The Kier molecular flexibility index (Phi) is 14.8. The second-order valence-electron chi connectivity index (χ2n) is 6.79. The van der Waals surface area contributed by atoms with Crippen molar-refractivity contribution in [3.8, 4) is 0 Å². The highest BCUT2D eigenvalue weighted by Crippen LogP contribution is 2.28. The molecule has 0 aromatic carbocycles. The van der Waals surface area contributed by atoms with Crippen LogP contribution in [-0.2, 0) is 14.0 Å². The van der Waals surface area contributed by atoms with Crippen LogP contribution in [0.2, 0.25) is 18.1 Å². The average Bonchev–Trinajstić information content (AvgIpc) is 2.68. The second-order valence-corrected chi connectivity index (χ2v) is 11.5. The van der Waals surface area contributed by atoms with Gasteiger partial charge in [0, 0.05) is 6.08 Å². The lowest BCUT2D eigenvalue weighted by molar-refractivity contribution is -0.137. The molecule has 0 rings (SSSR count). The molecule has 3 nitrogen and oxygen atoms in total. The van der Waals surface area contributed by atoms with Crippen LogP contribution >= 0.6 is 0 Å². The van der Waals surface area contributed by atoms with Crippen molar-refractivity contribution in [2.24, 2.45) is 5.92 Å². The zero-order valence-electron chi connectivity index (χ0n) is 18.2. The number of hydrogen-bond donors (Lipinski definition) is 0. The third kappa shape index (κ3) is 11.1. The number of carbonyl (C=O) groups is 1. The van der Waals surface area contributed by atoms with E-state index in [0.717, 1.165) is 31.0 Å². The Morgan fingerprint density at radius 2 is 1.67 bits per heavy atom. The molecule has 2 atom stereocenters. The van der Waals surface area contributed by atoms with Gasteiger partial charge in [-0.1, -0.05) is 70.2 Å². The van der Waals surface area contributed by atoms with Crippen LogP contribution in [0.4, 0.5) is 0 Å². The van der Waals surface area contributed by atoms with Gasteiger partial charge < -0.3 is 9.16 Å². The molecule has 0 N–H and O–H groups in total. The van der Waals surface area contributed by atoms with Crippen LogP contribution < -0.4 is 0 Å². The topological polar surface area (TPSA) is 35.5 Å². The van der Waals surface area contributed by atoms with Crippen LogP contribution in [0.3, 0.4) is 0 Å². The van der Waals surface area contributed by atoms with Gasteiger partial charge in [-0.3, -0.25) is 0 Å². The Labute approximate surface area is 168 Å². The van der Waals surface area contributed by atoms with Crippen LogP contribution in [0, 0.1) is 5.92 Å². The lowest BCUT2D eigenvalue weighted by Crippen LogP contribution is -2.41. The summed E-state index contributed by atoms with van der Waals surface area (Å²) in [6, 6.07) is 3.47. The summed E-state index contributed by atoms with van der Waals surface area (Å²) in [7, 11) is -1.66. The average molecular weight is 393 g/mol.